The molecule has 7 nitrogen and oxygen atoms in total. The van der Waals surface area contributed by atoms with E-state index in [1.807, 2.05) is 30.3 Å². The lowest BCUT2D eigenvalue weighted by molar-refractivity contribution is 0.0596. The minimum absolute atomic E-state index is 0.00414. The van der Waals surface area contributed by atoms with Crippen molar-refractivity contribution < 1.29 is 17.9 Å². The molecule has 0 amide bonds. The van der Waals surface area contributed by atoms with E-state index in [1.54, 1.807) is 30.9 Å². The Hall–Kier alpha value is -2.97. The number of nitrogens with zero attached hydrogens (tertiary/aromatic N) is 2. The van der Waals surface area contributed by atoms with Gasteiger partial charge in [-0.25, -0.2) is 17.9 Å². The number of hydrogen-bond acceptors (Lipinski definition) is 5. The summed E-state index contributed by atoms with van der Waals surface area (Å²) in [6.07, 6.45) is 1.77. The Morgan fingerprint density at radius 1 is 1.18 bits per heavy atom. The second-order valence-electron chi connectivity index (χ2n) is 6.36. The average molecular weight is 399 g/mol. The Morgan fingerprint density at radius 3 is 2.57 bits per heavy atom. The van der Waals surface area contributed by atoms with E-state index in [2.05, 4.69) is 9.82 Å². The van der Waals surface area contributed by atoms with Crippen LogP contribution in [0, 0.1) is 6.92 Å². The molecule has 0 saturated carbocycles. The molecule has 1 aromatic heterocycles. The van der Waals surface area contributed by atoms with Crippen LogP contribution in [0.4, 0.5) is 0 Å². The van der Waals surface area contributed by atoms with Crippen molar-refractivity contribution in [2.24, 2.45) is 7.05 Å². The summed E-state index contributed by atoms with van der Waals surface area (Å²) in [6, 6.07) is 14.1. The third-order valence-corrected chi connectivity index (χ3v) is 5.69. The highest BCUT2D eigenvalue weighted by Crippen LogP contribution is 2.23. The lowest BCUT2D eigenvalue weighted by Gasteiger charge is -2.11. The molecule has 0 unspecified atom stereocenters. The molecule has 0 atom stereocenters. The first-order valence-electron chi connectivity index (χ1n) is 8.58. The minimum Gasteiger partial charge on any atom is -0.465 e. The third-order valence-electron chi connectivity index (χ3n) is 4.23. The number of hydrogen-bond donors (Lipinski definition) is 1. The molecule has 2 aromatic carbocycles. The standard InChI is InChI=1S/C20H21N3O4S/c1-14-9-10-18(17(11-14)20(24)27-3)28(25,26)21-12-16-13-23(2)22-19(16)15-7-5-4-6-8-15/h4-11,13,21H,12H2,1-3H3. The zero-order valence-electron chi connectivity index (χ0n) is 15.8. The third kappa shape index (κ3) is 4.13. The van der Waals surface area contributed by atoms with E-state index in [9.17, 15) is 13.2 Å². The van der Waals surface area contributed by atoms with Gasteiger partial charge in [0.2, 0.25) is 10.0 Å². The van der Waals surface area contributed by atoms with Crippen LogP contribution in [0.25, 0.3) is 11.3 Å². The summed E-state index contributed by atoms with van der Waals surface area (Å²) >= 11 is 0. The number of carbonyl (C=O) groups excluding carboxylic acids is 1. The number of carbonyl (C=O) groups is 1. The highest BCUT2D eigenvalue weighted by atomic mass is 32.2. The maximum atomic E-state index is 12.9. The van der Waals surface area contributed by atoms with E-state index >= 15 is 0 Å². The van der Waals surface area contributed by atoms with Gasteiger partial charge in [0.05, 0.1) is 23.3 Å². The maximum absolute atomic E-state index is 12.9. The van der Waals surface area contributed by atoms with E-state index in [4.69, 9.17) is 4.74 Å². The summed E-state index contributed by atoms with van der Waals surface area (Å²) in [5, 5.41) is 4.43. The number of esters is 1. The number of aryl methyl sites for hydroxylation is 2. The van der Waals surface area contributed by atoms with Gasteiger partial charge in [-0.3, -0.25) is 4.68 Å². The monoisotopic (exact) mass is 399 g/mol. The largest absolute Gasteiger partial charge is 0.465 e. The number of methoxy groups -OCH3 is 1. The van der Waals surface area contributed by atoms with Gasteiger partial charge >= 0.3 is 5.97 Å². The van der Waals surface area contributed by atoms with Gasteiger partial charge in [-0.15, -0.1) is 0 Å². The first kappa shape index (κ1) is 19.8. The summed E-state index contributed by atoms with van der Waals surface area (Å²) in [7, 11) is -0.942. The number of rotatable bonds is 6. The molecule has 0 aliphatic carbocycles. The molecular weight excluding hydrogens is 378 g/mol. The molecular formula is C20H21N3O4S. The summed E-state index contributed by atoms with van der Waals surface area (Å²) in [4.78, 5) is 11.9. The Balaban J connectivity index is 1.91. The van der Waals surface area contributed by atoms with Gasteiger partial charge in [-0.2, -0.15) is 5.10 Å². The Bertz CT molecular complexity index is 1110. The number of benzene rings is 2. The average Bonchev–Trinajstić information content (AvgIpc) is 3.07. The highest BCUT2D eigenvalue weighted by Gasteiger charge is 2.24. The number of aromatic nitrogens is 2. The van der Waals surface area contributed by atoms with Crippen LogP contribution in [0.15, 0.2) is 59.6 Å². The summed E-state index contributed by atoms with van der Waals surface area (Å²) in [6.45, 7) is 1.81. The topological polar surface area (TPSA) is 90.3 Å². The molecule has 146 valence electrons. The van der Waals surface area contributed by atoms with Crippen molar-refractivity contribution in [1.29, 1.82) is 0 Å². The fourth-order valence-corrected chi connectivity index (χ4v) is 4.08. The van der Waals surface area contributed by atoms with Gasteiger partial charge in [0, 0.05) is 30.9 Å². The van der Waals surface area contributed by atoms with Crippen LogP contribution in [0.2, 0.25) is 0 Å². The van der Waals surface area contributed by atoms with Gasteiger partial charge in [0.15, 0.2) is 0 Å². The van der Waals surface area contributed by atoms with Gasteiger partial charge in [-0.1, -0.05) is 42.0 Å². The van der Waals surface area contributed by atoms with Crippen LogP contribution in [0.1, 0.15) is 21.5 Å². The van der Waals surface area contributed by atoms with Crippen molar-refractivity contribution >= 4 is 16.0 Å². The summed E-state index contributed by atoms with van der Waals surface area (Å²) < 4.78 is 34.7. The van der Waals surface area contributed by atoms with E-state index in [-0.39, 0.29) is 17.0 Å². The molecule has 8 heteroatoms. The molecule has 1 N–H and O–H groups in total. The smallest absolute Gasteiger partial charge is 0.339 e. The molecule has 0 fully saturated rings. The lowest BCUT2D eigenvalue weighted by Crippen LogP contribution is -2.25. The molecule has 0 spiro atoms. The normalized spacial score (nSPS) is 11.4. The van der Waals surface area contributed by atoms with Crippen LogP contribution < -0.4 is 4.72 Å². The van der Waals surface area contributed by atoms with Crippen molar-refractivity contribution in [3.63, 3.8) is 0 Å². The quantitative estimate of drug-likeness (QED) is 0.644. The van der Waals surface area contributed by atoms with Crippen molar-refractivity contribution in [3.05, 3.63) is 71.4 Å². The van der Waals surface area contributed by atoms with Crippen molar-refractivity contribution in [3.8, 4) is 11.3 Å². The molecule has 0 saturated heterocycles. The van der Waals surface area contributed by atoms with E-state index in [0.29, 0.717) is 5.69 Å². The number of nitrogens with one attached hydrogen (secondary N) is 1. The van der Waals surface area contributed by atoms with Crippen LogP contribution >= 0.6 is 0 Å². The first-order chi connectivity index (χ1) is 13.3. The zero-order chi connectivity index (χ0) is 20.3. The second-order valence-corrected chi connectivity index (χ2v) is 8.09. The second kappa shape index (κ2) is 7.95. The van der Waals surface area contributed by atoms with E-state index < -0.39 is 16.0 Å². The van der Waals surface area contributed by atoms with Crippen LogP contribution in [-0.4, -0.2) is 31.3 Å². The molecule has 3 aromatic rings. The van der Waals surface area contributed by atoms with Crippen LogP contribution in [0.5, 0.6) is 0 Å². The van der Waals surface area contributed by atoms with Crippen LogP contribution in [-0.2, 0) is 28.4 Å². The molecule has 0 aliphatic rings. The molecule has 0 radical (unpaired) electrons. The van der Waals surface area contributed by atoms with E-state index in [1.165, 1.54) is 19.2 Å². The Morgan fingerprint density at radius 2 is 1.89 bits per heavy atom. The molecule has 3 rings (SSSR count). The summed E-state index contributed by atoms with van der Waals surface area (Å²) in [5.41, 5.74) is 3.08. The minimum atomic E-state index is -3.94. The molecule has 1 heterocycles. The predicted molar refractivity (Wildman–Crippen MR) is 105 cm³/mol. The van der Waals surface area contributed by atoms with Crippen LogP contribution in [0.3, 0.4) is 0 Å². The van der Waals surface area contributed by atoms with E-state index in [0.717, 1.165) is 16.7 Å². The molecule has 0 bridgehead atoms. The van der Waals surface area contributed by atoms with Crippen molar-refractivity contribution in [1.82, 2.24) is 14.5 Å². The number of sulfonamides is 1. The SMILES string of the molecule is COC(=O)c1cc(C)ccc1S(=O)(=O)NCc1cn(C)nc1-c1ccccc1. The molecule has 28 heavy (non-hydrogen) atoms. The maximum Gasteiger partial charge on any atom is 0.339 e. The predicted octanol–water partition coefficient (Wildman–Crippen LogP) is 2.66. The van der Waals surface area contributed by atoms with Gasteiger partial charge in [0.25, 0.3) is 0 Å². The lowest BCUT2D eigenvalue weighted by atomic mass is 10.1. The van der Waals surface area contributed by atoms with Gasteiger partial charge < -0.3 is 4.74 Å². The van der Waals surface area contributed by atoms with Gasteiger partial charge in [-0.05, 0) is 19.1 Å². The fourth-order valence-electron chi connectivity index (χ4n) is 2.90. The van der Waals surface area contributed by atoms with Crippen molar-refractivity contribution in [2.45, 2.75) is 18.4 Å². The zero-order valence-corrected chi connectivity index (χ0v) is 16.7. The Labute approximate surface area is 164 Å². The first-order valence-corrected chi connectivity index (χ1v) is 10.1. The fraction of sp³-hybridized carbons (Fsp3) is 0.200. The van der Waals surface area contributed by atoms with Gasteiger partial charge in [0.1, 0.15) is 0 Å². The summed E-state index contributed by atoms with van der Waals surface area (Å²) in [5.74, 6) is -0.699. The Kier molecular flexibility index (Phi) is 5.62. The highest BCUT2D eigenvalue weighted by molar-refractivity contribution is 7.89. The number of ether oxygens (including phenoxy) is 1. The molecule has 0 aliphatic heterocycles. The van der Waals surface area contributed by atoms with Crippen molar-refractivity contribution in [2.75, 3.05) is 7.11 Å².